The third-order valence-electron chi connectivity index (χ3n) is 4.02. The minimum Gasteiger partial charge on any atom is -0.478 e. The molecule has 0 fully saturated rings. The van der Waals surface area contributed by atoms with Crippen molar-refractivity contribution >= 4 is 22.7 Å². The van der Waals surface area contributed by atoms with Gasteiger partial charge in [-0.05, 0) is 36.2 Å². The molecule has 0 radical (unpaired) electrons. The van der Waals surface area contributed by atoms with Crippen LogP contribution in [0.3, 0.4) is 0 Å². The second kappa shape index (κ2) is 4.24. The molecule has 4 nitrogen and oxygen atoms in total. The molecule has 0 aliphatic heterocycles. The lowest BCUT2D eigenvalue weighted by Crippen LogP contribution is -2.15. The normalized spacial score (nSPS) is 12.3. The number of aromatic carboxylic acids is 1. The molecule has 22 heavy (non-hydrogen) atoms. The van der Waals surface area contributed by atoms with E-state index in [1.54, 1.807) is 24.3 Å². The Hall–Kier alpha value is -3.01. The van der Waals surface area contributed by atoms with Crippen LogP contribution in [0.2, 0.25) is 0 Å². The van der Waals surface area contributed by atoms with E-state index in [9.17, 15) is 14.7 Å². The zero-order valence-corrected chi connectivity index (χ0v) is 11.8. The highest BCUT2D eigenvalue weighted by molar-refractivity contribution is 6.27. The first-order valence-corrected chi connectivity index (χ1v) is 6.89. The number of hydrogen-bond donors (Lipinski definition) is 1. The summed E-state index contributed by atoms with van der Waals surface area (Å²) in [5.41, 5.74) is 3.95. The topological polar surface area (TPSA) is 67.3 Å². The fourth-order valence-electron chi connectivity index (χ4n) is 3.16. The van der Waals surface area contributed by atoms with E-state index in [-0.39, 0.29) is 16.9 Å². The predicted octanol–water partition coefficient (Wildman–Crippen LogP) is 3.45. The first-order chi connectivity index (χ1) is 10.6. The van der Waals surface area contributed by atoms with Crippen LogP contribution in [0.25, 0.3) is 22.0 Å². The molecule has 0 saturated carbocycles. The standard InChI is InChI=1S/C18H11NO3/c1-9-8-13-10-4-2-6-12(18(21)22)16(10)17(20)11-5-3-7-14(19-9)15(11)13/h2-8H,1H3,(H,21,22). The van der Waals surface area contributed by atoms with Gasteiger partial charge in [0.15, 0.2) is 5.78 Å². The van der Waals surface area contributed by atoms with Crippen molar-refractivity contribution < 1.29 is 14.7 Å². The van der Waals surface area contributed by atoms with Crippen molar-refractivity contribution in [3.05, 3.63) is 64.8 Å². The summed E-state index contributed by atoms with van der Waals surface area (Å²) >= 11 is 0. The Balaban J connectivity index is 2.23. The molecule has 106 valence electrons. The zero-order chi connectivity index (χ0) is 15.4. The second-order valence-electron chi connectivity index (χ2n) is 5.37. The van der Waals surface area contributed by atoms with Crippen LogP contribution in [-0.4, -0.2) is 21.8 Å². The minimum atomic E-state index is -1.09. The number of ketones is 1. The highest BCUT2D eigenvalue weighted by atomic mass is 16.4. The molecule has 1 aliphatic rings. The third kappa shape index (κ3) is 1.55. The number of carbonyl (C=O) groups is 2. The molecule has 1 aliphatic carbocycles. The van der Waals surface area contributed by atoms with Gasteiger partial charge in [0.25, 0.3) is 0 Å². The number of benzene rings is 2. The number of nitrogens with zero attached hydrogens (tertiary/aromatic N) is 1. The molecule has 0 unspecified atom stereocenters. The molecule has 0 amide bonds. The maximum Gasteiger partial charge on any atom is 0.336 e. The van der Waals surface area contributed by atoms with Crippen LogP contribution in [0.1, 0.15) is 32.0 Å². The number of carboxylic acids is 1. The lowest BCUT2D eigenvalue weighted by atomic mass is 9.81. The van der Waals surface area contributed by atoms with Gasteiger partial charge in [-0.25, -0.2) is 4.79 Å². The average Bonchev–Trinajstić information content (AvgIpc) is 2.51. The molecule has 3 aromatic rings. The number of carbonyl (C=O) groups excluding carboxylic acids is 1. The SMILES string of the molecule is Cc1cc2c3c(cccc3n1)C(=O)c1c(C(=O)O)cccc1-2. The Bertz CT molecular complexity index is 989. The van der Waals surface area contributed by atoms with Gasteiger partial charge in [-0.15, -0.1) is 0 Å². The van der Waals surface area contributed by atoms with Crippen molar-refractivity contribution in [1.29, 1.82) is 0 Å². The molecule has 2 aromatic carbocycles. The van der Waals surface area contributed by atoms with Crippen molar-refractivity contribution in [1.82, 2.24) is 4.98 Å². The van der Waals surface area contributed by atoms with Gasteiger partial charge < -0.3 is 5.11 Å². The molecular formula is C18H11NO3. The highest BCUT2D eigenvalue weighted by Crippen LogP contribution is 2.40. The van der Waals surface area contributed by atoms with Crippen LogP contribution in [0, 0.1) is 6.92 Å². The van der Waals surface area contributed by atoms with E-state index in [4.69, 9.17) is 0 Å². The maximum absolute atomic E-state index is 12.8. The smallest absolute Gasteiger partial charge is 0.336 e. The lowest BCUT2D eigenvalue weighted by molar-refractivity contribution is 0.0693. The number of aryl methyl sites for hydroxylation is 1. The van der Waals surface area contributed by atoms with Gasteiger partial charge in [0, 0.05) is 22.2 Å². The fraction of sp³-hybridized carbons (Fsp3) is 0.0556. The Morgan fingerprint density at radius 2 is 1.77 bits per heavy atom. The Kier molecular flexibility index (Phi) is 2.45. The monoisotopic (exact) mass is 289 g/mol. The van der Waals surface area contributed by atoms with Gasteiger partial charge in [0.2, 0.25) is 0 Å². The molecule has 0 atom stereocenters. The maximum atomic E-state index is 12.8. The number of carboxylic acid groups (broad SMARTS) is 1. The summed E-state index contributed by atoms with van der Waals surface area (Å²) < 4.78 is 0. The van der Waals surface area contributed by atoms with Gasteiger partial charge in [-0.3, -0.25) is 9.78 Å². The first-order valence-electron chi connectivity index (χ1n) is 6.89. The molecule has 1 aromatic heterocycles. The van der Waals surface area contributed by atoms with Gasteiger partial charge in [-0.2, -0.15) is 0 Å². The lowest BCUT2D eigenvalue weighted by Gasteiger charge is -2.21. The van der Waals surface area contributed by atoms with E-state index in [1.165, 1.54) is 6.07 Å². The number of pyridine rings is 1. The summed E-state index contributed by atoms with van der Waals surface area (Å²) in [6.45, 7) is 1.89. The van der Waals surface area contributed by atoms with Crippen LogP contribution in [0.4, 0.5) is 0 Å². The molecule has 0 spiro atoms. The fourth-order valence-corrected chi connectivity index (χ4v) is 3.16. The molecule has 0 bridgehead atoms. The Morgan fingerprint density at radius 3 is 2.55 bits per heavy atom. The van der Waals surface area contributed by atoms with Crippen LogP contribution in [0.15, 0.2) is 42.5 Å². The minimum absolute atomic E-state index is 0.0413. The van der Waals surface area contributed by atoms with Gasteiger partial charge in [-0.1, -0.05) is 24.3 Å². The molecular weight excluding hydrogens is 278 g/mol. The predicted molar refractivity (Wildman–Crippen MR) is 82.3 cm³/mol. The van der Waals surface area contributed by atoms with E-state index >= 15 is 0 Å². The van der Waals surface area contributed by atoms with Crippen molar-refractivity contribution in [3.63, 3.8) is 0 Å². The van der Waals surface area contributed by atoms with Crippen molar-refractivity contribution in [3.8, 4) is 11.1 Å². The van der Waals surface area contributed by atoms with E-state index in [0.717, 1.165) is 22.2 Å². The van der Waals surface area contributed by atoms with Crippen LogP contribution >= 0.6 is 0 Å². The van der Waals surface area contributed by atoms with E-state index in [0.29, 0.717) is 11.1 Å². The van der Waals surface area contributed by atoms with E-state index in [2.05, 4.69) is 4.98 Å². The number of aromatic nitrogens is 1. The van der Waals surface area contributed by atoms with Crippen LogP contribution in [0.5, 0.6) is 0 Å². The van der Waals surface area contributed by atoms with Gasteiger partial charge >= 0.3 is 5.97 Å². The van der Waals surface area contributed by atoms with Gasteiger partial charge in [0.05, 0.1) is 11.1 Å². The second-order valence-corrected chi connectivity index (χ2v) is 5.37. The number of fused-ring (bicyclic) bond motifs is 2. The average molecular weight is 289 g/mol. The number of hydrogen-bond acceptors (Lipinski definition) is 3. The van der Waals surface area contributed by atoms with E-state index in [1.807, 2.05) is 19.1 Å². The highest BCUT2D eigenvalue weighted by Gasteiger charge is 2.29. The first kappa shape index (κ1) is 12.7. The Labute approximate surface area is 126 Å². The summed E-state index contributed by atoms with van der Waals surface area (Å²) in [4.78, 5) is 28.8. The summed E-state index contributed by atoms with van der Waals surface area (Å²) in [7, 11) is 0. The van der Waals surface area contributed by atoms with Crippen molar-refractivity contribution in [2.24, 2.45) is 0 Å². The summed E-state index contributed by atoms with van der Waals surface area (Å²) in [5.74, 6) is -1.34. The third-order valence-corrected chi connectivity index (χ3v) is 4.02. The van der Waals surface area contributed by atoms with Gasteiger partial charge in [0.1, 0.15) is 0 Å². The molecule has 1 N–H and O–H groups in total. The summed E-state index contributed by atoms with van der Waals surface area (Å²) in [6, 6.07) is 12.2. The van der Waals surface area contributed by atoms with E-state index < -0.39 is 5.97 Å². The largest absolute Gasteiger partial charge is 0.478 e. The molecule has 4 heteroatoms. The quantitative estimate of drug-likeness (QED) is 0.582. The van der Waals surface area contributed by atoms with Crippen LogP contribution in [-0.2, 0) is 0 Å². The summed E-state index contributed by atoms with van der Waals surface area (Å²) in [5, 5.41) is 10.2. The molecule has 1 heterocycles. The Morgan fingerprint density at radius 1 is 1.05 bits per heavy atom. The molecule has 4 rings (SSSR count). The number of rotatable bonds is 1. The summed E-state index contributed by atoms with van der Waals surface area (Å²) in [6.07, 6.45) is 0. The van der Waals surface area contributed by atoms with Crippen molar-refractivity contribution in [2.75, 3.05) is 0 Å². The van der Waals surface area contributed by atoms with Crippen LogP contribution < -0.4 is 0 Å². The molecule has 0 saturated heterocycles. The van der Waals surface area contributed by atoms with Crippen molar-refractivity contribution in [2.45, 2.75) is 6.92 Å². The zero-order valence-electron chi connectivity index (χ0n) is 11.8.